The van der Waals surface area contributed by atoms with Crippen LogP contribution in [0, 0.1) is 11.8 Å². The van der Waals surface area contributed by atoms with Crippen LogP contribution in [0.15, 0.2) is 24.0 Å². The van der Waals surface area contributed by atoms with Gasteiger partial charge in [-0.05, 0) is 37.7 Å². The van der Waals surface area contributed by atoms with E-state index in [9.17, 15) is 4.79 Å². The van der Waals surface area contributed by atoms with Crippen molar-refractivity contribution in [1.82, 2.24) is 5.32 Å². The molecule has 23 heavy (non-hydrogen) atoms. The first kappa shape index (κ1) is 21.8. The number of carbonyl (C=O) groups excluding carboxylic acids is 1. The van der Waals surface area contributed by atoms with Crippen molar-refractivity contribution in [2.24, 2.45) is 11.8 Å². The standard InChI is InChI=1S/C11H23NO.C9H14O.H2/c1-3-4-5-6-7-8-9-10-11(13)12-2;1-6(4-8(3)10)9-5-7(9)2;/h3-10H2,1-2H3,(H,12,13);4,7,9-10H,3,5H2,1-2H3;1H/b;6-4+;/t;7-,9-;/m.1./s1. The highest BCUT2D eigenvalue weighted by Crippen LogP contribution is 2.43. The summed E-state index contributed by atoms with van der Waals surface area (Å²) in [7, 11) is 1.70. The Morgan fingerprint density at radius 2 is 1.78 bits per heavy atom. The predicted octanol–water partition coefficient (Wildman–Crippen LogP) is 5.78. The summed E-state index contributed by atoms with van der Waals surface area (Å²) >= 11 is 0. The quantitative estimate of drug-likeness (QED) is 0.304. The van der Waals surface area contributed by atoms with Gasteiger partial charge in [0.25, 0.3) is 0 Å². The molecule has 1 saturated carbocycles. The molecule has 2 atom stereocenters. The molecule has 1 rings (SSSR count). The van der Waals surface area contributed by atoms with Crippen LogP contribution in [0.1, 0.15) is 80.0 Å². The van der Waals surface area contributed by atoms with Gasteiger partial charge in [-0.2, -0.15) is 0 Å². The molecule has 0 saturated heterocycles. The van der Waals surface area contributed by atoms with Gasteiger partial charge in [-0.25, -0.2) is 0 Å². The Balaban J connectivity index is 0. The summed E-state index contributed by atoms with van der Waals surface area (Å²) in [5.41, 5.74) is 1.26. The molecule has 0 aromatic rings. The molecule has 0 bridgehead atoms. The fourth-order valence-corrected chi connectivity index (χ4v) is 2.69. The van der Waals surface area contributed by atoms with Crippen LogP contribution in [0.25, 0.3) is 0 Å². The van der Waals surface area contributed by atoms with Crippen molar-refractivity contribution >= 4 is 5.91 Å². The van der Waals surface area contributed by atoms with E-state index in [2.05, 4.69) is 32.7 Å². The molecule has 3 heteroatoms. The van der Waals surface area contributed by atoms with E-state index >= 15 is 0 Å². The first-order chi connectivity index (χ1) is 10.9. The van der Waals surface area contributed by atoms with Crippen molar-refractivity contribution in [3.05, 3.63) is 24.0 Å². The second kappa shape index (κ2) is 13.2. The summed E-state index contributed by atoms with van der Waals surface area (Å²) in [6.07, 6.45) is 12.6. The minimum absolute atomic E-state index is 0. The molecule has 1 aliphatic carbocycles. The van der Waals surface area contributed by atoms with Crippen molar-refractivity contribution in [3.63, 3.8) is 0 Å². The minimum Gasteiger partial charge on any atom is -0.509 e. The number of allylic oxidation sites excluding steroid dienone is 2. The third kappa shape index (κ3) is 12.9. The minimum atomic E-state index is 0. The zero-order valence-corrected chi connectivity index (χ0v) is 15.7. The highest BCUT2D eigenvalue weighted by atomic mass is 16.3. The first-order valence-corrected chi connectivity index (χ1v) is 9.19. The van der Waals surface area contributed by atoms with E-state index in [0.29, 0.717) is 12.3 Å². The van der Waals surface area contributed by atoms with E-state index in [1.165, 1.54) is 50.5 Å². The van der Waals surface area contributed by atoms with Crippen LogP contribution in [0.3, 0.4) is 0 Å². The predicted molar refractivity (Wildman–Crippen MR) is 102 cm³/mol. The number of nitrogens with one attached hydrogen (secondary N) is 1. The zero-order chi connectivity index (χ0) is 17.7. The molecular weight excluding hydrogens is 286 g/mol. The number of hydrogen-bond acceptors (Lipinski definition) is 2. The van der Waals surface area contributed by atoms with Crippen molar-refractivity contribution in [2.45, 2.75) is 78.6 Å². The Bertz CT molecular complexity index is 380. The largest absolute Gasteiger partial charge is 0.509 e. The van der Waals surface area contributed by atoms with Gasteiger partial charge in [-0.3, -0.25) is 4.79 Å². The molecule has 1 amide bonds. The Hall–Kier alpha value is -1.25. The van der Waals surface area contributed by atoms with Crippen molar-refractivity contribution < 1.29 is 11.3 Å². The molecule has 0 spiro atoms. The normalized spacial score (nSPS) is 19.6. The van der Waals surface area contributed by atoms with Crippen molar-refractivity contribution in [2.75, 3.05) is 7.05 Å². The number of unbranched alkanes of at least 4 members (excludes halogenated alkanes) is 6. The van der Waals surface area contributed by atoms with E-state index in [4.69, 9.17) is 5.11 Å². The summed E-state index contributed by atoms with van der Waals surface area (Å²) in [5.74, 6) is 1.88. The van der Waals surface area contributed by atoms with Gasteiger partial charge < -0.3 is 10.4 Å². The van der Waals surface area contributed by atoms with Crippen LogP contribution < -0.4 is 5.32 Å². The number of amides is 1. The molecule has 0 radical (unpaired) electrons. The van der Waals surface area contributed by atoms with Crippen LogP contribution in [-0.2, 0) is 4.79 Å². The lowest BCUT2D eigenvalue weighted by Crippen LogP contribution is -2.16. The van der Waals surface area contributed by atoms with Gasteiger partial charge in [0, 0.05) is 14.9 Å². The molecule has 136 valence electrons. The second-order valence-electron chi connectivity index (χ2n) is 6.74. The summed E-state index contributed by atoms with van der Waals surface area (Å²) in [6.45, 7) is 9.91. The second-order valence-corrected chi connectivity index (χ2v) is 6.74. The molecular formula is C20H39NO2. The fourth-order valence-electron chi connectivity index (χ4n) is 2.69. The third-order valence-electron chi connectivity index (χ3n) is 4.37. The van der Waals surface area contributed by atoms with Gasteiger partial charge in [0.15, 0.2) is 0 Å². The van der Waals surface area contributed by atoms with Crippen LogP contribution in [0.4, 0.5) is 0 Å². The molecule has 0 aromatic heterocycles. The van der Waals surface area contributed by atoms with E-state index in [1.54, 1.807) is 13.1 Å². The first-order valence-electron chi connectivity index (χ1n) is 9.19. The summed E-state index contributed by atoms with van der Waals surface area (Å²) in [4.78, 5) is 10.8. The van der Waals surface area contributed by atoms with Gasteiger partial charge in [-0.1, -0.05) is 64.5 Å². The zero-order valence-electron chi connectivity index (χ0n) is 15.7. The average Bonchev–Trinajstić information content (AvgIpc) is 3.23. The number of aliphatic hydroxyl groups excluding tert-OH is 1. The summed E-state index contributed by atoms with van der Waals surface area (Å²) in [6, 6.07) is 0. The summed E-state index contributed by atoms with van der Waals surface area (Å²) in [5, 5.41) is 11.5. The van der Waals surface area contributed by atoms with Crippen LogP contribution in [0.2, 0.25) is 0 Å². The molecule has 1 aliphatic rings. The fraction of sp³-hybridized carbons (Fsp3) is 0.750. The van der Waals surface area contributed by atoms with Crippen LogP contribution in [-0.4, -0.2) is 18.1 Å². The Labute approximate surface area is 144 Å². The number of carbonyl (C=O) groups is 1. The van der Waals surface area contributed by atoms with Crippen LogP contribution >= 0.6 is 0 Å². The third-order valence-corrected chi connectivity index (χ3v) is 4.37. The lowest BCUT2D eigenvalue weighted by molar-refractivity contribution is -0.120. The van der Waals surface area contributed by atoms with Crippen molar-refractivity contribution in [3.8, 4) is 0 Å². The van der Waals surface area contributed by atoms with Gasteiger partial charge in [0.2, 0.25) is 5.91 Å². The number of hydrogen-bond donors (Lipinski definition) is 2. The maximum Gasteiger partial charge on any atom is 0.219 e. The topological polar surface area (TPSA) is 49.3 Å². The van der Waals surface area contributed by atoms with E-state index in [1.807, 2.05) is 0 Å². The summed E-state index contributed by atoms with van der Waals surface area (Å²) < 4.78 is 0. The lowest BCUT2D eigenvalue weighted by atomic mass is 10.1. The maximum absolute atomic E-state index is 10.8. The maximum atomic E-state index is 10.8. The van der Waals surface area contributed by atoms with E-state index in [0.717, 1.165) is 12.3 Å². The SMILES string of the molecule is C=C(O)/C=C(\C)[C@H]1C[C@H]1C.CCCCCCCCCC(=O)NC.[HH]. The van der Waals surface area contributed by atoms with Gasteiger partial charge >= 0.3 is 0 Å². The Morgan fingerprint density at radius 1 is 1.26 bits per heavy atom. The monoisotopic (exact) mass is 325 g/mol. The number of rotatable bonds is 10. The molecule has 0 unspecified atom stereocenters. The highest BCUT2D eigenvalue weighted by Gasteiger charge is 2.33. The van der Waals surface area contributed by atoms with Gasteiger partial charge in [-0.15, -0.1) is 0 Å². The molecule has 1 fully saturated rings. The van der Waals surface area contributed by atoms with Crippen LogP contribution in [0.5, 0.6) is 0 Å². The molecule has 0 aromatic carbocycles. The smallest absolute Gasteiger partial charge is 0.219 e. The van der Waals surface area contributed by atoms with E-state index < -0.39 is 0 Å². The van der Waals surface area contributed by atoms with Gasteiger partial charge in [0.05, 0.1) is 0 Å². The van der Waals surface area contributed by atoms with Gasteiger partial charge in [0.1, 0.15) is 5.76 Å². The molecule has 2 N–H and O–H groups in total. The average molecular weight is 326 g/mol. The molecule has 3 nitrogen and oxygen atoms in total. The molecule has 0 aliphatic heterocycles. The highest BCUT2D eigenvalue weighted by molar-refractivity contribution is 5.75. The molecule has 0 heterocycles. The number of aliphatic hydroxyl groups is 1. The van der Waals surface area contributed by atoms with Crippen molar-refractivity contribution in [1.29, 1.82) is 0 Å². The van der Waals surface area contributed by atoms with E-state index in [-0.39, 0.29) is 13.1 Å². The lowest BCUT2D eigenvalue weighted by Gasteiger charge is -2.00. The Kier molecular flexibility index (Phi) is 12.5. The Morgan fingerprint density at radius 3 is 2.22 bits per heavy atom.